The number of hydrogen-bond acceptors (Lipinski definition) is 3. The van der Waals surface area contributed by atoms with Gasteiger partial charge in [0.25, 0.3) is 0 Å². The largest absolute Gasteiger partial charge is 0.416 e. The highest BCUT2D eigenvalue weighted by Gasteiger charge is 2.37. The monoisotopic (exact) mass is 574 g/mol. The van der Waals surface area contributed by atoms with Crippen LogP contribution in [0, 0.1) is 5.82 Å². The van der Waals surface area contributed by atoms with Gasteiger partial charge < -0.3 is 4.90 Å². The molecule has 0 aromatic heterocycles. The van der Waals surface area contributed by atoms with Crippen molar-refractivity contribution in [1.82, 2.24) is 9.21 Å². The first kappa shape index (κ1) is 28.6. The lowest BCUT2D eigenvalue weighted by atomic mass is 9.87. The van der Waals surface area contributed by atoms with Crippen molar-refractivity contribution in [2.24, 2.45) is 0 Å². The third-order valence-corrected chi connectivity index (χ3v) is 9.43. The smallest absolute Gasteiger partial charge is 0.303 e. The van der Waals surface area contributed by atoms with E-state index >= 15 is 0 Å². The number of alkyl halides is 3. The van der Waals surface area contributed by atoms with Gasteiger partial charge in [-0.25, -0.2) is 8.70 Å². The average Bonchev–Trinajstić information content (AvgIpc) is 3.77. The van der Waals surface area contributed by atoms with Crippen molar-refractivity contribution in [1.29, 1.82) is 0 Å². The van der Waals surface area contributed by atoms with Crippen molar-refractivity contribution in [2.75, 3.05) is 19.6 Å². The van der Waals surface area contributed by atoms with Gasteiger partial charge in [-0.05, 0) is 117 Å². The first-order chi connectivity index (χ1) is 18.8. The normalized spacial score (nSPS) is 18.0. The summed E-state index contributed by atoms with van der Waals surface area (Å²) >= 11 is 1.50. The Morgan fingerprint density at radius 3 is 2.10 bits per heavy atom. The number of piperidine rings is 1. The van der Waals surface area contributed by atoms with Gasteiger partial charge in [-0.1, -0.05) is 42.5 Å². The summed E-state index contributed by atoms with van der Waals surface area (Å²) in [7, 11) is 2.72. The van der Waals surface area contributed by atoms with Crippen LogP contribution in [0.4, 0.5) is 17.6 Å². The molecule has 1 aliphatic carbocycles. The molecule has 0 bridgehead atoms. The van der Waals surface area contributed by atoms with Crippen molar-refractivity contribution in [3.05, 3.63) is 95.3 Å². The second-order valence-corrected chi connectivity index (χ2v) is 12.4. The van der Waals surface area contributed by atoms with E-state index in [1.54, 1.807) is 18.2 Å². The lowest BCUT2D eigenvalue weighted by molar-refractivity contribution is -0.137. The van der Waals surface area contributed by atoms with Gasteiger partial charge in [0.1, 0.15) is 5.82 Å². The highest BCUT2D eigenvalue weighted by atomic mass is 32.2. The van der Waals surface area contributed by atoms with Crippen molar-refractivity contribution in [3.63, 3.8) is 0 Å². The minimum Gasteiger partial charge on any atom is -0.303 e. The Morgan fingerprint density at radius 2 is 1.49 bits per heavy atom. The Labute approximate surface area is 235 Å². The summed E-state index contributed by atoms with van der Waals surface area (Å²) in [6, 6.07) is 22.0. The van der Waals surface area contributed by atoms with Crippen molar-refractivity contribution in [2.45, 2.75) is 67.6 Å². The van der Waals surface area contributed by atoms with E-state index < -0.39 is 11.7 Å². The maximum absolute atomic E-state index is 13.6. The number of hydrogen-bond donors (Lipinski definition) is 0. The Hall–Kier alpha value is -1.92. The zero-order valence-corrected chi connectivity index (χ0v) is 23.9. The van der Waals surface area contributed by atoms with Crippen LogP contribution in [-0.4, -0.2) is 40.9 Å². The number of benzene rings is 3. The van der Waals surface area contributed by atoms with Crippen molar-refractivity contribution in [3.8, 4) is 0 Å². The fourth-order valence-electron chi connectivity index (χ4n) is 5.49. The molecule has 0 radical (unpaired) electrons. The fourth-order valence-corrected chi connectivity index (χ4v) is 6.97. The lowest BCUT2D eigenvalue weighted by Gasteiger charge is -2.38. The predicted molar refractivity (Wildman–Crippen MR) is 155 cm³/mol. The molecule has 2 unspecified atom stereocenters. The van der Waals surface area contributed by atoms with Gasteiger partial charge in [0.05, 0.1) is 5.56 Å². The first-order valence-corrected chi connectivity index (χ1v) is 15.1. The molecular formula is C31H35F4N2PS. The van der Waals surface area contributed by atoms with Gasteiger partial charge in [-0.15, -0.1) is 9.24 Å². The van der Waals surface area contributed by atoms with Crippen LogP contribution in [0.15, 0.2) is 77.7 Å². The summed E-state index contributed by atoms with van der Waals surface area (Å²) in [4.78, 5) is 3.19. The molecule has 1 saturated carbocycles. The fraction of sp³-hybridized carbons (Fsp3) is 0.419. The van der Waals surface area contributed by atoms with Crippen molar-refractivity contribution < 1.29 is 17.6 Å². The topological polar surface area (TPSA) is 6.48 Å². The predicted octanol–water partition coefficient (Wildman–Crippen LogP) is 7.89. The van der Waals surface area contributed by atoms with Crippen LogP contribution in [0.2, 0.25) is 0 Å². The average molecular weight is 575 g/mol. The van der Waals surface area contributed by atoms with Crippen LogP contribution in [0.5, 0.6) is 0 Å². The number of nitrogens with zero attached hydrogens (tertiary/aromatic N) is 2. The molecule has 1 saturated heterocycles. The van der Waals surface area contributed by atoms with E-state index in [9.17, 15) is 17.6 Å². The molecule has 2 atom stereocenters. The van der Waals surface area contributed by atoms with Crippen LogP contribution in [0.25, 0.3) is 0 Å². The molecule has 1 aliphatic heterocycles. The van der Waals surface area contributed by atoms with Gasteiger partial charge in [-0.3, -0.25) is 0 Å². The molecule has 39 heavy (non-hydrogen) atoms. The lowest BCUT2D eigenvalue weighted by Crippen LogP contribution is -2.43. The van der Waals surface area contributed by atoms with E-state index in [2.05, 4.69) is 42.7 Å². The zero-order valence-electron chi connectivity index (χ0n) is 21.9. The minimum absolute atomic E-state index is 0.216. The molecule has 3 aromatic rings. The summed E-state index contributed by atoms with van der Waals surface area (Å²) in [6.45, 7) is 3.01. The van der Waals surface area contributed by atoms with E-state index in [0.717, 1.165) is 75.1 Å². The Balaban J connectivity index is 1.15. The maximum Gasteiger partial charge on any atom is 0.416 e. The summed E-state index contributed by atoms with van der Waals surface area (Å²) in [6.07, 6.45) is 2.00. The van der Waals surface area contributed by atoms with Crippen molar-refractivity contribution >= 4 is 26.5 Å². The molecule has 1 heterocycles. The standard InChI is InChI=1S/C31H35F4N2PS/c32-25-10-6-22(7-11-25)30(23-8-14-28(38)15-9-23)5-2-18-36-19-16-27(17-20-36)37(26-12-13-26)39-29-4-1-3-24(21-29)31(33,34)35/h1,3-4,6-11,14-15,21,26-27,30H,2,5,12-13,16-20,38H2. The van der Waals surface area contributed by atoms with Gasteiger partial charge in [0.15, 0.2) is 0 Å². The third kappa shape index (κ3) is 7.85. The summed E-state index contributed by atoms with van der Waals surface area (Å²) in [5, 5.41) is 1.14. The van der Waals surface area contributed by atoms with E-state index in [4.69, 9.17) is 0 Å². The molecule has 2 aliphatic rings. The SMILES string of the molecule is Fc1ccc(C(CCCN2CCC(N(Sc3cccc(C(F)(F)F)c3)C3CC3)CC2)c2ccc(P)cc2)cc1. The molecule has 0 spiro atoms. The summed E-state index contributed by atoms with van der Waals surface area (Å²) in [5.74, 6) is 0.00935. The van der Waals surface area contributed by atoms with Gasteiger partial charge >= 0.3 is 6.18 Å². The Kier molecular flexibility index (Phi) is 9.33. The molecule has 208 valence electrons. The van der Waals surface area contributed by atoms with Gasteiger partial charge in [-0.2, -0.15) is 13.2 Å². The molecule has 0 N–H and O–H groups in total. The first-order valence-electron chi connectivity index (χ1n) is 13.7. The van der Waals surface area contributed by atoms with E-state index in [0.29, 0.717) is 17.0 Å². The molecule has 2 nitrogen and oxygen atoms in total. The zero-order chi connectivity index (χ0) is 27.4. The van der Waals surface area contributed by atoms with E-state index in [1.165, 1.54) is 29.6 Å². The van der Waals surface area contributed by atoms with E-state index in [1.807, 2.05) is 12.1 Å². The quantitative estimate of drug-likeness (QED) is 0.138. The molecule has 0 amide bonds. The second kappa shape index (κ2) is 12.7. The minimum atomic E-state index is -4.32. The van der Waals surface area contributed by atoms with Gasteiger partial charge in [0.2, 0.25) is 0 Å². The molecule has 2 fully saturated rings. The summed E-state index contributed by atoms with van der Waals surface area (Å²) < 4.78 is 55.6. The van der Waals surface area contributed by atoms with Crippen LogP contribution in [0.3, 0.4) is 0 Å². The molecule has 8 heteroatoms. The van der Waals surface area contributed by atoms with Crippen LogP contribution in [0.1, 0.15) is 61.1 Å². The van der Waals surface area contributed by atoms with Crippen LogP contribution < -0.4 is 5.30 Å². The summed E-state index contributed by atoms with van der Waals surface area (Å²) in [5.41, 5.74) is 1.80. The Bertz CT molecular complexity index is 1160. The van der Waals surface area contributed by atoms with Crippen LogP contribution >= 0.6 is 21.2 Å². The highest BCUT2D eigenvalue weighted by molar-refractivity contribution is 7.97. The van der Waals surface area contributed by atoms with E-state index in [-0.39, 0.29) is 11.7 Å². The maximum atomic E-state index is 13.6. The van der Waals surface area contributed by atoms with Crippen LogP contribution in [-0.2, 0) is 6.18 Å². The molecule has 5 rings (SSSR count). The number of likely N-dealkylation sites (tertiary alicyclic amines) is 1. The highest BCUT2D eigenvalue weighted by Crippen LogP contribution is 2.41. The number of halogens is 4. The van der Waals surface area contributed by atoms with Gasteiger partial charge in [0, 0.05) is 22.9 Å². The molecule has 3 aromatic carbocycles. The third-order valence-electron chi connectivity index (χ3n) is 7.77. The molecular weight excluding hydrogens is 539 g/mol. The number of rotatable bonds is 10. The second-order valence-electron chi connectivity index (χ2n) is 10.7. The Morgan fingerprint density at radius 1 is 0.872 bits per heavy atom.